The van der Waals surface area contributed by atoms with Crippen molar-refractivity contribution in [2.24, 2.45) is 0 Å². The number of carbonyl (C=O) groups is 3. The normalized spacial score (nSPS) is 9.78. The minimum absolute atomic E-state index is 0.172. The summed E-state index contributed by atoms with van der Waals surface area (Å²) in [6.07, 6.45) is 0. The first-order valence-electron chi connectivity index (χ1n) is 6.68. The molecule has 2 rings (SSSR count). The molecule has 0 spiro atoms. The number of thiophene rings is 1. The van der Waals surface area contributed by atoms with E-state index in [9.17, 15) is 14.4 Å². The van der Waals surface area contributed by atoms with Crippen LogP contribution in [0, 0.1) is 0 Å². The van der Waals surface area contributed by atoms with Gasteiger partial charge >= 0.3 is 0 Å². The Bertz CT molecular complexity index is 700. The van der Waals surface area contributed by atoms with Crippen molar-refractivity contribution in [3.8, 4) is 5.75 Å². The van der Waals surface area contributed by atoms with Gasteiger partial charge in [0.15, 0.2) is 6.61 Å². The maximum absolute atomic E-state index is 11.9. The van der Waals surface area contributed by atoms with Gasteiger partial charge in [-0.05, 0) is 23.6 Å². The molecule has 0 radical (unpaired) electrons. The van der Waals surface area contributed by atoms with Crippen molar-refractivity contribution >= 4 is 34.1 Å². The van der Waals surface area contributed by atoms with Crippen molar-refractivity contribution in [2.75, 3.05) is 11.9 Å². The van der Waals surface area contributed by atoms with Gasteiger partial charge in [0.25, 0.3) is 11.8 Å². The molecule has 7 nitrogen and oxygen atoms in total. The number of nitrogens with one attached hydrogen (secondary N) is 3. The number of amides is 3. The van der Waals surface area contributed by atoms with Crippen molar-refractivity contribution in [3.05, 3.63) is 47.3 Å². The first-order chi connectivity index (χ1) is 11.1. The number of para-hydroxylation sites is 1. The number of hydrogen-bond donors (Lipinski definition) is 3. The lowest BCUT2D eigenvalue weighted by molar-refractivity contribution is -0.120. The molecule has 2 aromatic rings. The fourth-order valence-corrected chi connectivity index (χ4v) is 2.43. The molecule has 1 heterocycles. The Labute approximate surface area is 136 Å². The Morgan fingerprint density at radius 1 is 1.09 bits per heavy atom. The summed E-state index contributed by atoms with van der Waals surface area (Å²) in [4.78, 5) is 34.6. The van der Waals surface area contributed by atoms with Crippen LogP contribution in [0.2, 0.25) is 0 Å². The highest BCUT2D eigenvalue weighted by Crippen LogP contribution is 2.23. The Balaban J connectivity index is 1.90. The first kappa shape index (κ1) is 16.5. The molecule has 0 unspecified atom stereocenters. The molecule has 1 aromatic carbocycles. The lowest BCUT2D eigenvalue weighted by Gasteiger charge is -2.08. The predicted molar refractivity (Wildman–Crippen MR) is 86.2 cm³/mol. The average molecular weight is 333 g/mol. The Kier molecular flexibility index (Phi) is 5.70. The van der Waals surface area contributed by atoms with Gasteiger partial charge in [0.2, 0.25) is 5.91 Å². The average Bonchev–Trinajstić information content (AvgIpc) is 2.99. The van der Waals surface area contributed by atoms with Crippen LogP contribution >= 0.6 is 11.3 Å². The van der Waals surface area contributed by atoms with Gasteiger partial charge in [-0.25, -0.2) is 0 Å². The third kappa shape index (κ3) is 5.11. The summed E-state index contributed by atoms with van der Waals surface area (Å²) in [5, 5.41) is 4.66. The van der Waals surface area contributed by atoms with Gasteiger partial charge in [-0.15, -0.1) is 11.3 Å². The molecule has 0 fully saturated rings. The minimum atomic E-state index is -0.513. The van der Waals surface area contributed by atoms with Gasteiger partial charge in [0.1, 0.15) is 10.8 Å². The maximum atomic E-state index is 11.9. The number of carbonyl (C=O) groups excluding carboxylic acids is 3. The zero-order chi connectivity index (χ0) is 16.7. The molecular formula is C15H15N3O4S. The second-order valence-electron chi connectivity index (χ2n) is 4.45. The quantitative estimate of drug-likeness (QED) is 0.723. The number of rotatable bonds is 5. The third-order valence-corrected chi connectivity index (χ3v) is 3.46. The summed E-state index contributed by atoms with van der Waals surface area (Å²) >= 11 is 1.20. The summed E-state index contributed by atoms with van der Waals surface area (Å²) in [6, 6.07) is 10.5. The summed E-state index contributed by atoms with van der Waals surface area (Å²) in [7, 11) is 0. The van der Waals surface area contributed by atoms with Gasteiger partial charge in [0, 0.05) is 6.92 Å². The van der Waals surface area contributed by atoms with Gasteiger partial charge in [-0.1, -0.05) is 18.2 Å². The van der Waals surface area contributed by atoms with Crippen LogP contribution in [-0.4, -0.2) is 24.3 Å². The molecule has 23 heavy (non-hydrogen) atoms. The Morgan fingerprint density at radius 2 is 1.83 bits per heavy atom. The van der Waals surface area contributed by atoms with E-state index in [2.05, 4.69) is 16.2 Å². The van der Waals surface area contributed by atoms with E-state index in [1.54, 1.807) is 35.7 Å². The molecular weight excluding hydrogens is 318 g/mol. The van der Waals surface area contributed by atoms with E-state index in [1.807, 2.05) is 6.07 Å². The topological polar surface area (TPSA) is 96.5 Å². The van der Waals surface area contributed by atoms with E-state index in [0.717, 1.165) is 0 Å². The van der Waals surface area contributed by atoms with Crippen LogP contribution in [0.15, 0.2) is 41.8 Å². The molecule has 3 amide bonds. The van der Waals surface area contributed by atoms with E-state index in [4.69, 9.17) is 4.74 Å². The van der Waals surface area contributed by atoms with E-state index < -0.39 is 11.8 Å². The Morgan fingerprint density at radius 3 is 2.52 bits per heavy atom. The van der Waals surface area contributed by atoms with E-state index >= 15 is 0 Å². The molecule has 0 aliphatic heterocycles. The van der Waals surface area contributed by atoms with Crippen LogP contribution in [0.5, 0.6) is 5.75 Å². The number of hydrogen-bond acceptors (Lipinski definition) is 5. The summed E-state index contributed by atoms with van der Waals surface area (Å²) in [5.41, 5.74) is 4.69. The van der Waals surface area contributed by atoms with E-state index in [0.29, 0.717) is 10.8 Å². The van der Waals surface area contributed by atoms with Crippen molar-refractivity contribution in [3.63, 3.8) is 0 Å². The highest BCUT2D eigenvalue weighted by atomic mass is 32.1. The van der Waals surface area contributed by atoms with Crippen molar-refractivity contribution in [1.29, 1.82) is 0 Å². The second kappa shape index (κ2) is 7.95. The number of anilines is 1. The lowest BCUT2D eigenvalue weighted by Crippen LogP contribution is -2.40. The minimum Gasteiger partial charge on any atom is -0.484 e. The molecule has 0 aliphatic carbocycles. The number of ether oxygens (including phenoxy) is 1. The Hall–Kier alpha value is -2.87. The van der Waals surface area contributed by atoms with Crippen LogP contribution < -0.4 is 20.9 Å². The van der Waals surface area contributed by atoms with Gasteiger partial charge in [-0.2, -0.15) is 0 Å². The zero-order valence-corrected chi connectivity index (χ0v) is 13.1. The monoisotopic (exact) mass is 333 g/mol. The molecule has 1 aromatic heterocycles. The first-order valence-corrected chi connectivity index (χ1v) is 7.56. The molecule has 120 valence electrons. The van der Waals surface area contributed by atoms with Crippen molar-refractivity contribution < 1.29 is 19.1 Å². The van der Waals surface area contributed by atoms with Crippen LogP contribution in [0.3, 0.4) is 0 Å². The fraction of sp³-hybridized carbons (Fsp3) is 0.133. The molecule has 0 saturated heterocycles. The van der Waals surface area contributed by atoms with Crippen LogP contribution in [0.4, 0.5) is 5.00 Å². The smallest absolute Gasteiger partial charge is 0.272 e. The molecule has 8 heteroatoms. The number of benzene rings is 1. The summed E-state index contributed by atoms with van der Waals surface area (Å²) < 4.78 is 5.33. The zero-order valence-electron chi connectivity index (χ0n) is 12.3. The SMILES string of the molecule is CC(=O)NNC(=O)c1ccsc1NC(=O)COc1ccccc1. The van der Waals surface area contributed by atoms with Gasteiger partial charge in [-0.3, -0.25) is 25.2 Å². The maximum Gasteiger partial charge on any atom is 0.272 e. The molecule has 3 N–H and O–H groups in total. The summed E-state index contributed by atoms with van der Waals surface area (Å²) in [6.45, 7) is 1.10. The molecule has 0 saturated carbocycles. The highest BCUT2D eigenvalue weighted by molar-refractivity contribution is 7.14. The number of hydrazine groups is 1. The summed E-state index contributed by atoms with van der Waals surface area (Å²) in [5.74, 6) is -0.710. The molecule has 0 atom stereocenters. The van der Waals surface area contributed by atoms with Crippen LogP contribution in [0.1, 0.15) is 17.3 Å². The fourth-order valence-electron chi connectivity index (χ4n) is 1.63. The van der Waals surface area contributed by atoms with E-state index in [1.165, 1.54) is 18.3 Å². The van der Waals surface area contributed by atoms with Crippen molar-refractivity contribution in [2.45, 2.75) is 6.92 Å². The molecule has 0 aliphatic rings. The third-order valence-electron chi connectivity index (χ3n) is 2.63. The standard InChI is InChI=1S/C15H15N3O4S/c1-10(19)17-18-14(21)12-7-8-23-15(12)16-13(20)9-22-11-5-3-2-4-6-11/h2-8H,9H2,1H3,(H,16,20)(H,17,19)(H,18,21). The van der Waals surface area contributed by atoms with Crippen LogP contribution in [0.25, 0.3) is 0 Å². The van der Waals surface area contributed by atoms with Crippen molar-refractivity contribution in [1.82, 2.24) is 10.9 Å². The largest absolute Gasteiger partial charge is 0.484 e. The molecule has 0 bridgehead atoms. The predicted octanol–water partition coefficient (Wildman–Crippen LogP) is 1.55. The second-order valence-corrected chi connectivity index (χ2v) is 5.36. The van der Waals surface area contributed by atoms with E-state index in [-0.39, 0.29) is 18.1 Å². The van der Waals surface area contributed by atoms with Gasteiger partial charge in [0.05, 0.1) is 5.56 Å². The highest BCUT2D eigenvalue weighted by Gasteiger charge is 2.15. The van der Waals surface area contributed by atoms with Crippen LogP contribution in [-0.2, 0) is 9.59 Å². The van der Waals surface area contributed by atoms with Gasteiger partial charge < -0.3 is 10.1 Å². The lowest BCUT2D eigenvalue weighted by atomic mass is 10.3.